The highest BCUT2D eigenvalue weighted by Crippen LogP contribution is 2.21. The van der Waals surface area contributed by atoms with Crippen LogP contribution in [0.1, 0.15) is 23.7 Å². The normalized spacial score (nSPS) is 15.7. The van der Waals surface area contributed by atoms with Gasteiger partial charge in [-0.3, -0.25) is 14.4 Å². The van der Waals surface area contributed by atoms with Gasteiger partial charge in [0.25, 0.3) is 15.9 Å². The van der Waals surface area contributed by atoms with Crippen molar-refractivity contribution in [2.24, 2.45) is 0 Å². The van der Waals surface area contributed by atoms with Gasteiger partial charge in [0, 0.05) is 37.4 Å². The standard InChI is InChI=1S/C22H26F3N3O4S/c1-2-32-19-8-6-18(7-9-19)26-33(30,31)20-10-4-17(5-11-20)21(29)28-13-3-12-27(14-15-28)16-22(23,24)25/h4-11,26H,2-3,12-16H2,1H3. The van der Waals surface area contributed by atoms with E-state index in [4.69, 9.17) is 4.74 Å². The molecule has 0 atom stereocenters. The van der Waals surface area contributed by atoms with E-state index in [0.717, 1.165) is 0 Å². The molecule has 1 heterocycles. The van der Waals surface area contributed by atoms with Crippen LogP contribution in [0.15, 0.2) is 53.4 Å². The van der Waals surface area contributed by atoms with Crippen LogP contribution in [0.3, 0.4) is 0 Å². The molecule has 0 unspecified atom stereocenters. The van der Waals surface area contributed by atoms with Gasteiger partial charge in [-0.1, -0.05) is 0 Å². The van der Waals surface area contributed by atoms with Crippen LogP contribution in [-0.2, 0) is 10.0 Å². The third-order valence-corrected chi connectivity index (χ3v) is 6.50. The number of nitrogens with one attached hydrogen (secondary N) is 1. The maximum Gasteiger partial charge on any atom is 0.401 e. The number of hydrogen-bond donors (Lipinski definition) is 1. The molecule has 0 radical (unpaired) electrons. The molecule has 0 bridgehead atoms. The van der Waals surface area contributed by atoms with Crippen molar-refractivity contribution in [3.63, 3.8) is 0 Å². The molecule has 7 nitrogen and oxygen atoms in total. The maximum atomic E-state index is 12.8. The number of anilines is 1. The van der Waals surface area contributed by atoms with E-state index in [9.17, 15) is 26.4 Å². The van der Waals surface area contributed by atoms with Crippen molar-refractivity contribution in [3.8, 4) is 5.75 Å². The van der Waals surface area contributed by atoms with Gasteiger partial charge >= 0.3 is 6.18 Å². The van der Waals surface area contributed by atoms with Gasteiger partial charge in [0.15, 0.2) is 0 Å². The van der Waals surface area contributed by atoms with Crippen LogP contribution in [0.4, 0.5) is 18.9 Å². The molecule has 2 aromatic rings. The molecule has 1 fully saturated rings. The molecule has 0 spiro atoms. The predicted molar refractivity (Wildman–Crippen MR) is 118 cm³/mol. The summed E-state index contributed by atoms with van der Waals surface area (Å²) >= 11 is 0. The first-order valence-corrected chi connectivity index (χ1v) is 12.0. The molecule has 1 aliphatic heterocycles. The fraction of sp³-hybridized carbons (Fsp3) is 0.409. The van der Waals surface area contributed by atoms with Gasteiger partial charge in [-0.05, 0) is 61.9 Å². The van der Waals surface area contributed by atoms with E-state index in [1.54, 1.807) is 24.3 Å². The molecule has 180 valence electrons. The lowest BCUT2D eigenvalue weighted by Gasteiger charge is -2.23. The summed E-state index contributed by atoms with van der Waals surface area (Å²) in [5, 5.41) is 0. The highest BCUT2D eigenvalue weighted by Gasteiger charge is 2.32. The van der Waals surface area contributed by atoms with E-state index in [-0.39, 0.29) is 36.0 Å². The van der Waals surface area contributed by atoms with E-state index in [1.165, 1.54) is 34.1 Å². The molecule has 1 amide bonds. The molecule has 1 N–H and O–H groups in total. The van der Waals surface area contributed by atoms with Crippen LogP contribution in [0.25, 0.3) is 0 Å². The number of carbonyl (C=O) groups is 1. The SMILES string of the molecule is CCOc1ccc(NS(=O)(=O)c2ccc(C(=O)N3CCCN(CC(F)(F)F)CC3)cc2)cc1. The summed E-state index contributed by atoms with van der Waals surface area (Å²) in [6, 6.07) is 12.0. The molecule has 33 heavy (non-hydrogen) atoms. The zero-order valence-corrected chi connectivity index (χ0v) is 19.0. The number of halogens is 3. The van der Waals surface area contributed by atoms with E-state index < -0.39 is 22.7 Å². The van der Waals surface area contributed by atoms with E-state index in [2.05, 4.69) is 4.72 Å². The fourth-order valence-electron chi connectivity index (χ4n) is 3.54. The Morgan fingerprint density at radius 1 is 1.00 bits per heavy atom. The van der Waals surface area contributed by atoms with Gasteiger partial charge in [0.05, 0.1) is 18.0 Å². The Hall–Kier alpha value is -2.79. The quantitative estimate of drug-likeness (QED) is 0.649. The summed E-state index contributed by atoms with van der Waals surface area (Å²) in [5.74, 6) is 0.283. The Balaban J connectivity index is 1.63. The second-order valence-electron chi connectivity index (χ2n) is 7.62. The number of sulfonamides is 1. The number of nitrogens with zero attached hydrogens (tertiary/aromatic N) is 2. The Morgan fingerprint density at radius 2 is 1.67 bits per heavy atom. The molecule has 0 aliphatic carbocycles. The second kappa shape index (κ2) is 10.4. The molecule has 1 saturated heterocycles. The van der Waals surface area contributed by atoms with Gasteiger partial charge in [0.1, 0.15) is 5.75 Å². The summed E-state index contributed by atoms with van der Waals surface area (Å²) in [4.78, 5) is 15.6. The summed E-state index contributed by atoms with van der Waals surface area (Å²) in [5.41, 5.74) is 0.644. The molecular formula is C22H26F3N3O4S. The van der Waals surface area contributed by atoms with Crippen molar-refractivity contribution in [3.05, 3.63) is 54.1 Å². The number of hydrogen-bond acceptors (Lipinski definition) is 5. The smallest absolute Gasteiger partial charge is 0.401 e. The van der Waals surface area contributed by atoms with Gasteiger partial charge < -0.3 is 9.64 Å². The maximum absolute atomic E-state index is 12.8. The lowest BCUT2D eigenvalue weighted by molar-refractivity contribution is -0.145. The van der Waals surface area contributed by atoms with Crippen molar-refractivity contribution >= 4 is 21.6 Å². The average Bonchev–Trinajstić information content (AvgIpc) is 2.99. The predicted octanol–water partition coefficient (Wildman–Crippen LogP) is 3.60. The Bertz CT molecular complexity index is 1040. The van der Waals surface area contributed by atoms with Crippen molar-refractivity contribution < 1.29 is 31.1 Å². The summed E-state index contributed by atoms with van der Waals surface area (Å²) in [6.07, 6.45) is -3.85. The lowest BCUT2D eigenvalue weighted by Crippen LogP contribution is -2.38. The fourth-order valence-corrected chi connectivity index (χ4v) is 4.60. The summed E-state index contributed by atoms with van der Waals surface area (Å²) in [6.45, 7) is 2.25. The number of ether oxygens (including phenoxy) is 1. The largest absolute Gasteiger partial charge is 0.494 e. The van der Waals surface area contributed by atoms with Crippen LogP contribution < -0.4 is 9.46 Å². The van der Waals surface area contributed by atoms with Gasteiger partial charge in [-0.2, -0.15) is 13.2 Å². The monoisotopic (exact) mass is 485 g/mol. The first-order valence-electron chi connectivity index (χ1n) is 10.5. The minimum atomic E-state index is -4.28. The highest BCUT2D eigenvalue weighted by atomic mass is 32.2. The van der Waals surface area contributed by atoms with Crippen LogP contribution in [0.2, 0.25) is 0 Å². The number of benzene rings is 2. The first-order chi connectivity index (χ1) is 15.6. The lowest BCUT2D eigenvalue weighted by atomic mass is 10.2. The third-order valence-electron chi connectivity index (χ3n) is 5.11. The molecule has 1 aliphatic rings. The van der Waals surface area contributed by atoms with Crippen LogP contribution >= 0.6 is 0 Å². The Kier molecular flexibility index (Phi) is 7.85. The van der Waals surface area contributed by atoms with E-state index in [0.29, 0.717) is 31.0 Å². The molecule has 3 rings (SSSR count). The number of carbonyl (C=O) groups excluding carboxylic acids is 1. The Labute approximate surface area is 191 Å². The van der Waals surface area contributed by atoms with E-state index in [1.807, 2.05) is 6.92 Å². The summed E-state index contributed by atoms with van der Waals surface area (Å²) in [7, 11) is -3.87. The molecular weight excluding hydrogens is 459 g/mol. The van der Waals surface area contributed by atoms with Gasteiger partial charge in [-0.15, -0.1) is 0 Å². The van der Waals surface area contributed by atoms with Crippen molar-refractivity contribution in [1.29, 1.82) is 0 Å². The van der Waals surface area contributed by atoms with Crippen LogP contribution in [-0.4, -0.2) is 69.6 Å². The Morgan fingerprint density at radius 3 is 2.27 bits per heavy atom. The minimum Gasteiger partial charge on any atom is -0.494 e. The third kappa shape index (κ3) is 7.10. The zero-order chi connectivity index (χ0) is 24.1. The van der Waals surface area contributed by atoms with Gasteiger partial charge in [0.2, 0.25) is 0 Å². The number of rotatable bonds is 7. The van der Waals surface area contributed by atoms with Crippen LogP contribution in [0.5, 0.6) is 5.75 Å². The van der Waals surface area contributed by atoms with Crippen molar-refractivity contribution in [2.75, 3.05) is 44.1 Å². The van der Waals surface area contributed by atoms with E-state index >= 15 is 0 Å². The van der Waals surface area contributed by atoms with Crippen LogP contribution in [0, 0.1) is 0 Å². The average molecular weight is 486 g/mol. The topological polar surface area (TPSA) is 78.9 Å². The molecule has 0 saturated carbocycles. The zero-order valence-electron chi connectivity index (χ0n) is 18.1. The molecule has 2 aromatic carbocycles. The van der Waals surface area contributed by atoms with Crippen molar-refractivity contribution in [1.82, 2.24) is 9.80 Å². The van der Waals surface area contributed by atoms with Gasteiger partial charge in [-0.25, -0.2) is 8.42 Å². The molecule has 11 heteroatoms. The minimum absolute atomic E-state index is 0.0137. The number of amides is 1. The van der Waals surface area contributed by atoms with Crippen molar-refractivity contribution in [2.45, 2.75) is 24.4 Å². The highest BCUT2D eigenvalue weighted by molar-refractivity contribution is 7.92. The second-order valence-corrected chi connectivity index (χ2v) is 9.31. The molecule has 0 aromatic heterocycles. The first kappa shape index (κ1) is 24.8. The number of alkyl halides is 3. The summed E-state index contributed by atoms with van der Waals surface area (Å²) < 4.78 is 71.0.